The zero-order chi connectivity index (χ0) is 17.4. The van der Waals surface area contributed by atoms with Crippen molar-refractivity contribution in [2.45, 2.75) is 19.4 Å². The number of carbonyl (C=O) groups excluding carboxylic acids is 1. The SMILES string of the molecule is C=CCN(Cc1cccs1)C(=O)CCc1cc(OC)ccc1OC. The van der Waals surface area contributed by atoms with Gasteiger partial charge in [-0.15, -0.1) is 17.9 Å². The molecular formula is C19H23NO3S. The molecule has 0 radical (unpaired) electrons. The summed E-state index contributed by atoms with van der Waals surface area (Å²) in [7, 11) is 3.26. The summed E-state index contributed by atoms with van der Waals surface area (Å²) in [6, 6.07) is 9.68. The Balaban J connectivity index is 2.03. The molecule has 128 valence electrons. The number of thiophene rings is 1. The van der Waals surface area contributed by atoms with Crippen molar-refractivity contribution < 1.29 is 14.3 Å². The molecule has 2 rings (SSSR count). The molecule has 0 spiro atoms. The highest BCUT2D eigenvalue weighted by molar-refractivity contribution is 7.09. The van der Waals surface area contributed by atoms with Crippen LogP contribution >= 0.6 is 11.3 Å². The van der Waals surface area contributed by atoms with Crippen LogP contribution in [0, 0.1) is 0 Å². The van der Waals surface area contributed by atoms with Crippen molar-refractivity contribution in [2.75, 3.05) is 20.8 Å². The predicted molar refractivity (Wildman–Crippen MR) is 97.8 cm³/mol. The molecule has 0 aliphatic carbocycles. The fourth-order valence-electron chi connectivity index (χ4n) is 2.48. The van der Waals surface area contributed by atoms with Crippen LogP contribution in [0.25, 0.3) is 0 Å². The second-order valence-electron chi connectivity index (χ2n) is 5.32. The number of aryl methyl sites for hydroxylation is 1. The average molecular weight is 345 g/mol. The molecule has 1 heterocycles. The summed E-state index contributed by atoms with van der Waals surface area (Å²) < 4.78 is 10.6. The molecule has 0 saturated carbocycles. The topological polar surface area (TPSA) is 38.8 Å². The number of nitrogens with zero attached hydrogens (tertiary/aromatic N) is 1. The monoisotopic (exact) mass is 345 g/mol. The van der Waals surface area contributed by atoms with Crippen LogP contribution in [0.2, 0.25) is 0 Å². The summed E-state index contributed by atoms with van der Waals surface area (Å²) in [4.78, 5) is 15.6. The molecule has 5 heteroatoms. The highest BCUT2D eigenvalue weighted by atomic mass is 32.1. The first kappa shape index (κ1) is 18.1. The molecule has 0 fully saturated rings. The maximum Gasteiger partial charge on any atom is 0.223 e. The van der Waals surface area contributed by atoms with Gasteiger partial charge < -0.3 is 14.4 Å². The van der Waals surface area contributed by atoms with Gasteiger partial charge in [0.05, 0.1) is 20.8 Å². The Morgan fingerprint density at radius 2 is 2.12 bits per heavy atom. The number of benzene rings is 1. The summed E-state index contributed by atoms with van der Waals surface area (Å²) in [6.45, 7) is 4.92. The van der Waals surface area contributed by atoms with E-state index in [0.29, 0.717) is 25.9 Å². The Bertz CT molecular complexity index is 667. The molecule has 0 bridgehead atoms. The fraction of sp³-hybridized carbons (Fsp3) is 0.316. The minimum atomic E-state index is 0.105. The van der Waals surface area contributed by atoms with Gasteiger partial charge in [0.2, 0.25) is 5.91 Å². The number of methoxy groups -OCH3 is 2. The number of amides is 1. The van der Waals surface area contributed by atoms with E-state index in [1.807, 2.05) is 40.6 Å². The smallest absolute Gasteiger partial charge is 0.223 e. The Kier molecular flexibility index (Phi) is 6.88. The molecule has 1 amide bonds. The molecule has 24 heavy (non-hydrogen) atoms. The first-order chi connectivity index (χ1) is 11.7. The Morgan fingerprint density at radius 1 is 1.29 bits per heavy atom. The van der Waals surface area contributed by atoms with Crippen LogP contribution in [0.4, 0.5) is 0 Å². The highest BCUT2D eigenvalue weighted by Gasteiger charge is 2.15. The van der Waals surface area contributed by atoms with E-state index in [9.17, 15) is 4.79 Å². The van der Waals surface area contributed by atoms with Gasteiger partial charge in [0.1, 0.15) is 11.5 Å². The second-order valence-corrected chi connectivity index (χ2v) is 6.35. The summed E-state index contributed by atoms with van der Waals surface area (Å²) >= 11 is 1.66. The van der Waals surface area contributed by atoms with Crippen LogP contribution in [0.3, 0.4) is 0 Å². The molecule has 0 aliphatic rings. The second kappa shape index (κ2) is 9.13. The largest absolute Gasteiger partial charge is 0.497 e. The zero-order valence-corrected chi connectivity index (χ0v) is 15.0. The van der Waals surface area contributed by atoms with E-state index < -0.39 is 0 Å². The quantitative estimate of drug-likeness (QED) is 0.647. The predicted octanol–water partition coefficient (Wildman–Crippen LogP) is 3.91. The Hall–Kier alpha value is -2.27. The molecule has 1 aromatic heterocycles. The van der Waals surface area contributed by atoms with Gasteiger partial charge in [-0.2, -0.15) is 0 Å². The maximum absolute atomic E-state index is 12.6. The molecular weight excluding hydrogens is 322 g/mol. The Labute approximate surface area is 147 Å². The maximum atomic E-state index is 12.6. The van der Waals surface area contributed by atoms with Crippen LogP contribution < -0.4 is 9.47 Å². The van der Waals surface area contributed by atoms with Gasteiger partial charge >= 0.3 is 0 Å². The third-order valence-electron chi connectivity index (χ3n) is 3.72. The van der Waals surface area contributed by atoms with Gasteiger partial charge in [-0.3, -0.25) is 4.79 Å². The molecule has 0 atom stereocenters. The van der Waals surface area contributed by atoms with Gasteiger partial charge in [-0.25, -0.2) is 0 Å². The third kappa shape index (κ3) is 4.86. The number of hydrogen-bond donors (Lipinski definition) is 0. The molecule has 0 N–H and O–H groups in total. The van der Waals surface area contributed by atoms with Gasteiger partial charge in [0, 0.05) is 17.8 Å². The van der Waals surface area contributed by atoms with Crippen molar-refractivity contribution in [1.29, 1.82) is 0 Å². The van der Waals surface area contributed by atoms with Crippen molar-refractivity contribution >= 4 is 17.2 Å². The van der Waals surface area contributed by atoms with Gasteiger partial charge in [-0.05, 0) is 41.6 Å². The number of ether oxygens (including phenoxy) is 2. The van der Waals surface area contributed by atoms with Crippen LogP contribution in [-0.2, 0) is 17.8 Å². The van der Waals surface area contributed by atoms with E-state index in [1.165, 1.54) is 4.88 Å². The average Bonchev–Trinajstić information content (AvgIpc) is 3.12. The lowest BCUT2D eigenvalue weighted by atomic mass is 10.1. The summed E-state index contributed by atoms with van der Waals surface area (Å²) in [5, 5.41) is 2.02. The molecule has 1 aromatic carbocycles. The number of carbonyl (C=O) groups is 1. The van der Waals surface area contributed by atoms with Crippen molar-refractivity contribution in [3.8, 4) is 11.5 Å². The van der Waals surface area contributed by atoms with Crippen molar-refractivity contribution in [3.05, 3.63) is 58.8 Å². The Morgan fingerprint density at radius 3 is 2.75 bits per heavy atom. The van der Waals surface area contributed by atoms with E-state index in [-0.39, 0.29) is 5.91 Å². The normalized spacial score (nSPS) is 10.2. The third-order valence-corrected chi connectivity index (χ3v) is 4.59. The van der Waals surface area contributed by atoms with Gasteiger partial charge in [0.15, 0.2) is 0 Å². The zero-order valence-electron chi connectivity index (χ0n) is 14.2. The van der Waals surface area contributed by atoms with Crippen LogP contribution in [0.1, 0.15) is 16.9 Å². The van der Waals surface area contributed by atoms with Crippen LogP contribution in [0.15, 0.2) is 48.4 Å². The fourth-order valence-corrected chi connectivity index (χ4v) is 3.20. The number of rotatable bonds is 9. The van der Waals surface area contributed by atoms with Crippen molar-refractivity contribution in [3.63, 3.8) is 0 Å². The first-order valence-corrected chi connectivity index (χ1v) is 8.67. The molecule has 0 unspecified atom stereocenters. The lowest BCUT2D eigenvalue weighted by Crippen LogP contribution is -2.30. The van der Waals surface area contributed by atoms with Crippen molar-refractivity contribution in [1.82, 2.24) is 4.90 Å². The molecule has 0 saturated heterocycles. The van der Waals surface area contributed by atoms with E-state index in [0.717, 1.165) is 17.1 Å². The molecule has 2 aromatic rings. The van der Waals surface area contributed by atoms with E-state index in [4.69, 9.17) is 9.47 Å². The highest BCUT2D eigenvalue weighted by Crippen LogP contribution is 2.25. The minimum absolute atomic E-state index is 0.105. The standard InChI is InChI=1S/C19H23NO3S/c1-4-11-20(14-17-6-5-12-24-17)19(21)10-7-15-13-16(22-2)8-9-18(15)23-3/h4-6,8-9,12-13H,1,7,10-11,14H2,2-3H3. The van der Waals surface area contributed by atoms with Gasteiger partial charge in [0.25, 0.3) is 0 Å². The van der Waals surface area contributed by atoms with E-state index in [1.54, 1.807) is 31.6 Å². The number of hydrogen-bond acceptors (Lipinski definition) is 4. The first-order valence-electron chi connectivity index (χ1n) is 7.80. The van der Waals surface area contributed by atoms with Crippen LogP contribution in [0.5, 0.6) is 11.5 Å². The minimum Gasteiger partial charge on any atom is -0.497 e. The van der Waals surface area contributed by atoms with E-state index >= 15 is 0 Å². The van der Waals surface area contributed by atoms with E-state index in [2.05, 4.69) is 6.58 Å². The molecule has 0 aliphatic heterocycles. The lowest BCUT2D eigenvalue weighted by Gasteiger charge is -2.21. The van der Waals surface area contributed by atoms with Gasteiger partial charge in [-0.1, -0.05) is 12.1 Å². The summed E-state index contributed by atoms with van der Waals surface area (Å²) in [5.41, 5.74) is 0.972. The summed E-state index contributed by atoms with van der Waals surface area (Å²) in [6.07, 6.45) is 2.79. The van der Waals surface area contributed by atoms with Crippen LogP contribution in [-0.4, -0.2) is 31.6 Å². The summed E-state index contributed by atoms with van der Waals surface area (Å²) in [5.74, 6) is 1.64. The molecule has 4 nitrogen and oxygen atoms in total. The van der Waals surface area contributed by atoms with Crippen molar-refractivity contribution in [2.24, 2.45) is 0 Å². The lowest BCUT2D eigenvalue weighted by molar-refractivity contribution is -0.131.